The predicted molar refractivity (Wildman–Crippen MR) is 117 cm³/mol. The van der Waals surface area contributed by atoms with Crippen LogP contribution in [0.1, 0.15) is 55.5 Å². The van der Waals surface area contributed by atoms with Gasteiger partial charge in [0.15, 0.2) is 11.5 Å². The summed E-state index contributed by atoms with van der Waals surface area (Å²) in [4.78, 5) is 26.5. The van der Waals surface area contributed by atoms with Gasteiger partial charge in [-0.15, -0.1) is 0 Å². The second-order valence-corrected chi connectivity index (χ2v) is 7.43. The first kappa shape index (κ1) is 21.7. The molecule has 0 aliphatic carbocycles. The van der Waals surface area contributed by atoms with Gasteiger partial charge in [-0.05, 0) is 49.1 Å². The molecule has 1 heterocycles. The number of carbonyl (C=O) groups excluding carboxylic acids is 2. The number of rotatable bonds is 10. The maximum Gasteiger partial charge on any atom is 0.255 e. The molecule has 1 fully saturated rings. The average molecular weight is 411 g/mol. The number of anilines is 1. The van der Waals surface area contributed by atoms with Crippen molar-refractivity contribution in [3.05, 3.63) is 53.6 Å². The lowest BCUT2D eigenvalue weighted by Gasteiger charge is -2.16. The topological polar surface area (TPSA) is 67.9 Å². The summed E-state index contributed by atoms with van der Waals surface area (Å²) in [7, 11) is 0. The predicted octanol–water partition coefficient (Wildman–Crippen LogP) is 4.64. The minimum Gasteiger partial charge on any atom is -0.490 e. The summed E-state index contributed by atoms with van der Waals surface area (Å²) in [5.41, 5.74) is 2.16. The van der Waals surface area contributed by atoms with E-state index in [-0.39, 0.29) is 11.8 Å². The second kappa shape index (κ2) is 10.7. The molecular weight excluding hydrogens is 380 g/mol. The van der Waals surface area contributed by atoms with Crippen LogP contribution < -0.4 is 14.8 Å². The summed E-state index contributed by atoms with van der Waals surface area (Å²) in [5.74, 6) is 1.29. The highest BCUT2D eigenvalue weighted by Gasteiger charge is 2.20. The zero-order valence-corrected chi connectivity index (χ0v) is 17.8. The maximum atomic E-state index is 12.8. The van der Waals surface area contributed by atoms with E-state index in [9.17, 15) is 9.59 Å². The van der Waals surface area contributed by atoms with E-state index in [2.05, 4.69) is 12.2 Å². The summed E-state index contributed by atoms with van der Waals surface area (Å²) < 4.78 is 11.5. The summed E-state index contributed by atoms with van der Waals surface area (Å²) in [6, 6.07) is 12.8. The molecule has 0 spiro atoms. The molecule has 2 amide bonds. The van der Waals surface area contributed by atoms with Gasteiger partial charge in [0, 0.05) is 36.8 Å². The molecule has 30 heavy (non-hydrogen) atoms. The number of hydrogen-bond donors (Lipinski definition) is 1. The van der Waals surface area contributed by atoms with E-state index in [1.165, 1.54) is 0 Å². The molecule has 0 aromatic heterocycles. The Labute approximate surface area is 178 Å². The highest BCUT2D eigenvalue weighted by molar-refractivity contribution is 6.04. The molecule has 6 nitrogen and oxygen atoms in total. The van der Waals surface area contributed by atoms with Gasteiger partial charge in [-0.2, -0.15) is 0 Å². The fourth-order valence-corrected chi connectivity index (χ4v) is 3.35. The number of benzene rings is 2. The minimum atomic E-state index is -0.201. The lowest BCUT2D eigenvalue weighted by Crippen LogP contribution is -2.24. The van der Waals surface area contributed by atoms with Crippen LogP contribution >= 0.6 is 0 Å². The molecule has 0 unspecified atom stereocenters. The highest BCUT2D eigenvalue weighted by atomic mass is 16.5. The van der Waals surface area contributed by atoms with E-state index in [1.54, 1.807) is 12.1 Å². The normalized spacial score (nSPS) is 13.4. The Kier molecular flexibility index (Phi) is 7.71. The third-order valence-corrected chi connectivity index (χ3v) is 4.86. The molecule has 1 saturated heterocycles. The van der Waals surface area contributed by atoms with Gasteiger partial charge in [0.25, 0.3) is 5.91 Å². The van der Waals surface area contributed by atoms with E-state index in [4.69, 9.17) is 9.47 Å². The van der Waals surface area contributed by atoms with Crippen LogP contribution in [-0.2, 0) is 11.3 Å². The van der Waals surface area contributed by atoms with Gasteiger partial charge >= 0.3 is 0 Å². The quantitative estimate of drug-likeness (QED) is 0.620. The first-order valence-electron chi connectivity index (χ1n) is 10.7. The lowest BCUT2D eigenvalue weighted by atomic mass is 10.1. The average Bonchev–Trinajstić information content (AvgIpc) is 3.16. The lowest BCUT2D eigenvalue weighted by molar-refractivity contribution is -0.128. The van der Waals surface area contributed by atoms with Crippen LogP contribution in [0.25, 0.3) is 0 Å². The second-order valence-electron chi connectivity index (χ2n) is 7.43. The molecule has 2 aromatic rings. The molecule has 0 saturated carbocycles. The molecule has 1 aliphatic heterocycles. The molecule has 6 heteroatoms. The van der Waals surface area contributed by atoms with Crippen molar-refractivity contribution in [1.82, 2.24) is 4.90 Å². The van der Waals surface area contributed by atoms with Crippen molar-refractivity contribution in [2.45, 2.75) is 46.1 Å². The van der Waals surface area contributed by atoms with E-state index in [0.29, 0.717) is 48.9 Å². The van der Waals surface area contributed by atoms with Crippen LogP contribution in [0.4, 0.5) is 5.69 Å². The molecule has 1 N–H and O–H groups in total. The molecule has 2 aromatic carbocycles. The molecule has 0 atom stereocenters. The number of nitrogens with zero attached hydrogens (tertiary/aromatic N) is 1. The summed E-state index contributed by atoms with van der Waals surface area (Å²) in [6.07, 6.45) is 3.31. The van der Waals surface area contributed by atoms with Crippen LogP contribution in [0.2, 0.25) is 0 Å². The zero-order valence-electron chi connectivity index (χ0n) is 17.8. The largest absolute Gasteiger partial charge is 0.490 e. The monoisotopic (exact) mass is 410 g/mol. The van der Waals surface area contributed by atoms with Gasteiger partial charge in [0.2, 0.25) is 5.91 Å². The summed E-state index contributed by atoms with van der Waals surface area (Å²) in [5, 5.41) is 2.93. The third kappa shape index (κ3) is 5.75. The van der Waals surface area contributed by atoms with Gasteiger partial charge < -0.3 is 19.7 Å². The Morgan fingerprint density at radius 1 is 1.03 bits per heavy atom. The smallest absolute Gasteiger partial charge is 0.255 e. The first-order valence-corrected chi connectivity index (χ1v) is 10.7. The molecule has 160 valence electrons. The highest BCUT2D eigenvalue weighted by Crippen LogP contribution is 2.31. The maximum absolute atomic E-state index is 12.8. The third-order valence-electron chi connectivity index (χ3n) is 4.86. The number of nitrogens with one attached hydrogen (secondary N) is 1. The van der Waals surface area contributed by atoms with E-state index < -0.39 is 0 Å². The summed E-state index contributed by atoms with van der Waals surface area (Å²) in [6.45, 7) is 6.61. The number of hydrogen-bond acceptors (Lipinski definition) is 4. The van der Waals surface area contributed by atoms with E-state index in [0.717, 1.165) is 31.4 Å². The van der Waals surface area contributed by atoms with Crippen molar-refractivity contribution in [3.8, 4) is 11.5 Å². The van der Waals surface area contributed by atoms with Gasteiger partial charge in [0.1, 0.15) is 0 Å². The van der Waals surface area contributed by atoms with Gasteiger partial charge in [-0.25, -0.2) is 0 Å². The van der Waals surface area contributed by atoms with Crippen molar-refractivity contribution in [1.29, 1.82) is 0 Å². The van der Waals surface area contributed by atoms with Crippen molar-refractivity contribution in [2.75, 3.05) is 25.1 Å². The van der Waals surface area contributed by atoms with Gasteiger partial charge in [0.05, 0.1) is 13.2 Å². The van der Waals surface area contributed by atoms with Crippen molar-refractivity contribution in [3.63, 3.8) is 0 Å². The van der Waals surface area contributed by atoms with E-state index >= 15 is 0 Å². The standard InChI is InChI=1S/C24H30N2O4/c1-3-13-29-21-11-10-20(16-22(21)30-14-4-2)25-24(28)19-8-5-7-18(15-19)17-26-12-6-9-23(26)27/h5,7-8,10-11,15-16H,3-4,6,9,12-14,17H2,1-2H3,(H,25,28). The van der Waals surface area contributed by atoms with Crippen LogP contribution in [-0.4, -0.2) is 36.5 Å². The number of ether oxygens (including phenoxy) is 2. The van der Waals surface area contributed by atoms with Crippen LogP contribution in [0, 0.1) is 0 Å². The number of amides is 2. The van der Waals surface area contributed by atoms with Crippen molar-refractivity contribution < 1.29 is 19.1 Å². The Hall–Kier alpha value is -3.02. The van der Waals surface area contributed by atoms with Crippen molar-refractivity contribution >= 4 is 17.5 Å². The Bertz CT molecular complexity index is 881. The molecule has 0 bridgehead atoms. The fourth-order valence-electron chi connectivity index (χ4n) is 3.35. The Morgan fingerprint density at radius 2 is 1.80 bits per heavy atom. The van der Waals surface area contributed by atoms with Gasteiger partial charge in [-0.3, -0.25) is 9.59 Å². The number of likely N-dealkylation sites (tertiary alicyclic amines) is 1. The SMILES string of the molecule is CCCOc1ccc(NC(=O)c2cccc(CN3CCCC3=O)c2)cc1OCCC. The Balaban J connectivity index is 1.70. The summed E-state index contributed by atoms with van der Waals surface area (Å²) >= 11 is 0. The Morgan fingerprint density at radius 3 is 2.50 bits per heavy atom. The van der Waals surface area contributed by atoms with Crippen LogP contribution in [0.3, 0.4) is 0 Å². The van der Waals surface area contributed by atoms with Crippen LogP contribution in [0.5, 0.6) is 11.5 Å². The molecule has 1 aliphatic rings. The number of carbonyl (C=O) groups is 2. The van der Waals surface area contributed by atoms with E-state index in [1.807, 2.05) is 42.2 Å². The van der Waals surface area contributed by atoms with Gasteiger partial charge in [-0.1, -0.05) is 26.0 Å². The molecule has 0 radical (unpaired) electrons. The van der Waals surface area contributed by atoms with Crippen molar-refractivity contribution in [2.24, 2.45) is 0 Å². The molecular formula is C24H30N2O4. The first-order chi connectivity index (χ1) is 14.6. The van der Waals surface area contributed by atoms with Crippen LogP contribution in [0.15, 0.2) is 42.5 Å². The fraction of sp³-hybridized carbons (Fsp3) is 0.417. The molecule has 3 rings (SSSR count). The minimum absolute atomic E-state index is 0.176. The zero-order chi connectivity index (χ0) is 21.3.